The first kappa shape index (κ1) is 17.0. The molecular formula is C17H23N3O3. The number of hydrogen-bond donors (Lipinski definition) is 2. The molecule has 1 aliphatic heterocycles. The van der Waals surface area contributed by atoms with Crippen molar-refractivity contribution in [1.82, 2.24) is 10.2 Å². The average molecular weight is 317 g/mol. The van der Waals surface area contributed by atoms with E-state index < -0.39 is 11.6 Å². The quantitative estimate of drug-likeness (QED) is 0.790. The molecule has 2 rings (SSSR count). The summed E-state index contributed by atoms with van der Waals surface area (Å²) in [4.78, 5) is 37.0. The zero-order valence-electron chi connectivity index (χ0n) is 13.8. The molecule has 2 N–H and O–H groups in total. The average Bonchev–Trinajstić information content (AvgIpc) is 2.69. The Labute approximate surface area is 136 Å². The highest BCUT2D eigenvalue weighted by Crippen LogP contribution is 2.18. The molecule has 0 atom stereocenters. The highest BCUT2D eigenvalue weighted by molar-refractivity contribution is 6.06. The molecule has 1 fully saturated rings. The number of amides is 4. The van der Waals surface area contributed by atoms with Gasteiger partial charge in [0.2, 0.25) is 5.91 Å². The minimum absolute atomic E-state index is 0.114. The van der Waals surface area contributed by atoms with Gasteiger partial charge >= 0.3 is 6.03 Å². The maximum Gasteiger partial charge on any atom is 0.325 e. The summed E-state index contributed by atoms with van der Waals surface area (Å²) in [5.74, 6) is -0.364. The molecular weight excluding hydrogens is 294 g/mol. The van der Waals surface area contributed by atoms with Crippen LogP contribution in [0.25, 0.3) is 0 Å². The van der Waals surface area contributed by atoms with Crippen LogP contribution in [0, 0.1) is 0 Å². The van der Waals surface area contributed by atoms with Gasteiger partial charge in [-0.05, 0) is 38.3 Å². The number of nitrogens with one attached hydrogen (secondary N) is 2. The minimum atomic E-state index is -0.862. The van der Waals surface area contributed by atoms with E-state index in [1.807, 2.05) is 31.2 Å². The van der Waals surface area contributed by atoms with E-state index in [0.29, 0.717) is 6.42 Å². The molecule has 4 amide bonds. The van der Waals surface area contributed by atoms with E-state index in [1.54, 1.807) is 13.8 Å². The van der Waals surface area contributed by atoms with Crippen LogP contribution in [0.15, 0.2) is 24.3 Å². The van der Waals surface area contributed by atoms with E-state index in [4.69, 9.17) is 0 Å². The number of benzene rings is 1. The fourth-order valence-electron chi connectivity index (χ4n) is 2.58. The van der Waals surface area contributed by atoms with Crippen molar-refractivity contribution in [3.8, 4) is 0 Å². The van der Waals surface area contributed by atoms with Crippen molar-refractivity contribution in [2.24, 2.45) is 0 Å². The second-order valence-corrected chi connectivity index (χ2v) is 6.17. The predicted molar refractivity (Wildman–Crippen MR) is 88.0 cm³/mol. The van der Waals surface area contributed by atoms with Crippen LogP contribution in [0.2, 0.25) is 0 Å². The van der Waals surface area contributed by atoms with Crippen LogP contribution in [0.1, 0.15) is 39.2 Å². The van der Waals surface area contributed by atoms with Gasteiger partial charge in [-0.2, -0.15) is 0 Å². The van der Waals surface area contributed by atoms with E-state index in [2.05, 4.69) is 10.6 Å². The van der Waals surface area contributed by atoms with Gasteiger partial charge in [0, 0.05) is 18.7 Å². The lowest BCUT2D eigenvalue weighted by Crippen LogP contribution is -2.40. The molecule has 0 aromatic heterocycles. The summed E-state index contributed by atoms with van der Waals surface area (Å²) in [5.41, 5.74) is 1.03. The molecule has 1 aromatic carbocycles. The third kappa shape index (κ3) is 3.88. The fourth-order valence-corrected chi connectivity index (χ4v) is 2.58. The number of carbonyl (C=O) groups is 3. The molecule has 124 valence electrons. The number of para-hydroxylation sites is 1. The zero-order chi connectivity index (χ0) is 17.0. The lowest BCUT2D eigenvalue weighted by atomic mass is 10.1. The van der Waals surface area contributed by atoms with E-state index >= 15 is 0 Å². The van der Waals surface area contributed by atoms with Crippen molar-refractivity contribution in [3.63, 3.8) is 0 Å². The second kappa shape index (κ2) is 6.81. The third-order valence-corrected chi connectivity index (χ3v) is 3.90. The Balaban J connectivity index is 1.84. The van der Waals surface area contributed by atoms with Crippen molar-refractivity contribution in [2.75, 3.05) is 11.9 Å². The normalized spacial score (nSPS) is 16.4. The van der Waals surface area contributed by atoms with Gasteiger partial charge < -0.3 is 10.6 Å². The molecule has 6 nitrogen and oxygen atoms in total. The number of rotatable bonds is 6. The van der Waals surface area contributed by atoms with E-state index in [1.165, 1.54) is 4.90 Å². The first-order chi connectivity index (χ1) is 10.8. The van der Waals surface area contributed by atoms with Gasteiger partial charge in [0.15, 0.2) is 0 Å². The van der Waals surface area contributed by atoms with Crippen molar-refractivity contribution in [3.05, 3.63) is 29.8 Å². The van der Waals surface area contributed by atoms with Gasteiger partial charge in [-0.25, -0.2) is 4.79 Å². The minimum Gasteiger partial charge on any atom is -0.326 e. The number of carbonyl (C=O) groups excluding carboxylic acids is 3. The Bertz CT molecular complexity index is 625. The summed E-state index contributed by atoms with van der Waals surface area (Å²) in [7, 11) is 0. The molecule has 0 unspecified atom stereocenters. The van der Waals surface area contributed by atoms with Crippen LogP contribution < -0.4 is 10.6 Å². The molecule has 0 radical (unpaired) electrons. The van der Waals surface area contributed by atoms with Gasteiger partial charge in [0.25, 0.3) is 5.91 Å². The Hall–Kier alpha value is -2.37. The Kier molecular flexibility index (Phi) is 5.03. The van der Waals surface area contributed by atoms with Crippen LogP contribution in [-0.4, -0.2) is 34.8 Å². The van der Waals surface area contributed by atoms with Crippen LogP contribution in [-0.2, 0) is 16.0 Å². The van der Waals surface area contributed by atoms with Gasteiger partial charge in [0.1, 0.15) is 5.54 Å². The molecule has 1 aliphatic rings. The van der Waals surface area contributed by atoms with E-state index in [9.17, 15) is 14.4 Å². The number of anilines is 1. The summed E-state index contributed by atoms with van der Waals surface area (Å²) in [6, 6.07) is 7.27. The summed E-state index contributed by atoms with van der Waals surface area (Å²) in [6.07, 6.45) is 1.54. The summed E-state index contributed by atoms with van der Waals surface area (Å²) < 4.78 is 0. The van der Waals surface area contributed by atoms with Crippen molar-refractivity contribution in [2.45, 2.75) is 45.6 Å². The van der Waals surface area contributed by atoms with Gasteiger partial charge in [-0.1, -0.05) is 25.1 Å². The molecule has 0 bridgehead atoms. The van der Waals surface area contributed by atoms with Crippen LogP contribution in [0.4, 0.5) is 10.5 Å². The van der Waals surface area contributed by atoms with E-state index in [-0.39, 0.29) is 24.8 Å². The highest BCUT2D eigenvalue weighted by atomic mass is 16.2. The number of nitrogens with zero attached hydrogens (tertiary/aromatic N) is 1. The van der Waals surface area contributed by atoms with Gasteiger partial charge in [-0.3, -0.25) is 14.5 Å². The van der Waals surface area contributed by atoms with Crippen molar-refractivity contribution >= 4 is 23.5 Å². The number of hydrogen-bond acceptors (Lipinski definition) is 3. The van der Waals surface area contributed by atoms with Gasteiger partial charge in [-0.15, -0.1) is 0 Å². The van der Waals surface area contributed by atoms with Gasteiger partial charge in [0.05, 0.1) is 0 Å². The highest BCUT2D eigenvalue weighted by Gasteiger charge is 2.43. The summed E-state index contributed by atoms with van der Waals surface area (Å²) in [5, 5.41) is 5.51. The zero-order valence-corrected chi connectivity index (χ0v) is 13.8. The number of imide groups is 1. The third-order valence-electron chi connectivity index (χ3n) is 3.90. The monoisotopic (exact) mass is 317 g/mol. The molecule has 23 heavy (non-hydrogen) atoms. The lowest BCUT2D eigenvalue weighted by Gasteiger charge is -2.16. The maximum atomic E-state index is 12.0. The summed E-state index contributed by atoms with van der Waals surface area (Å²) >= 11 is 0. The first-order valence-electron chi connectivity index (χ1n) is 7.87. The number of aryl methyl sites for hydroxylation is 1. The van der Waals surface area contributed by atoms with Crippen molar-refractivity contribution in [1.29, 1.82) is 0 Å². The van der Waals surface area contributed by atoms with Crippen LogP contribution in [0.5, 0.6) is 0 Å². The second-order valence-electron chi connectivity index (χ2n) is 6.17. The molecule has 0 saturated carbocycles. The standard InChI is InChI=1S/C17H23N3O3/c1-4-12-8-5-6-9-13(12)18-14(21)10-7-11-20-15(22)17(2,3)19-16(20)23/h5-6,8-9H,4,7,10-11H2,1-3H3,(H,18,21)(H,19,23). The molecule has 6 heteroatoms. The predicted octanol–water partition coefficient (Wildman–Crippen LogP) is 2.30. The molecule has 1 saturated heterocycles. The topological polar surface area (TPSA) is 78.5 Å². The molecule has 0 aliphatic carbocycles. The number of urea groups is 1. The lowest BCUT2D eigenvalue weighted by molar-refractivity contribution is -0.130. The van der Waals surface area contributed by atoms with E-state index in [0.717, 1.165) is 17.7 Å². The summed E-state index contributed by atoms with van der Waals surface area (Å²) in [6.45, 7) is 5.62. The molecule has 1 aromatic rings. The fraction of sp³-hybridized carbons (Fsp3) is 0.471. The van der Waals surface area contributed by atoms with Crippen LogP contribution >= 0.6 is 0 Å². The molecule has 1 heterocycles. The molecule has 0 spiro atoms. The Morgan fingerprint density at radius 3 is 2.57 bits per heavy atom. The maximum absolute atomic E-state index is 12.0. The van der Waals surface area contributed by atoms with Crippen LogP contribution in [0.3, 0.4) is 0 Å². The van der Waals surface area contributed by atoms with Crippen molar-refractivity contribution < 1.29 is 14.4 Å². The largest absolute Gasteiger partial charge is 0.326 e. The smallest absolute Gasteiger partial charge is 0.325 e. The Morgan fingerprint density at radius 2 is 1.96 bits per heavy atom. The first-order valence-corrected chi connectivity index (χ1v) is 7.87. The SMILES string of the molecule is CCc1ccccc1NC(=O)CCCN1C(=O)NC(C)(C)C1=O. The Morgan fingerprint density at radius 1 is 1.26 bits per heavy atom.